The van der Waals surface area contributed by atoms with Crippen LogP contribution in [0.1, 0.15) is 50.2 Å². The van der Waals surface area contributed by atoms with Crippen molar-refractivity contribution in [3.63, 3.8) is 0 Å². The van der Waals surface area contributed by atoms with Crippen LogP contribution in [0.4, 0.5) is 0 Å². The third kappa shape index (κ3) is 5.16. The summed E-state index contributed by atoms with van der Waals surface area (Å²) in [4.78, 5) is 0. The minimum atomic E-state index is 0.479. The molecule has 0 aromatic heterocycles. The van der Waals surface area contributed by atoms with Crippen LogP contribution in [-0.2, 0) is 0 Å². The number of nitrogens with zero attached hydrogens (tertiary/aromatic N) is 1. The van der Waals surface area contributed by atoms with Crippen LogP contribution in [-0.4, -0.2) is 12.4 Å². The Morgan fingerprint density at radius 1 is 1.37 bits per heavy atom. The third-order valence-corrected chi connectivity index (χ3v) is 3.76. The predicted octanol–water partition coefficient (Wildman–Crippen LogP) is 4.88. The summed E-state index contributed by atoms with van der Waals surface area (Å²) in [5.41, 5.74) is 2.57. The Hall–Kier alpha value is -1.14. The number of hydrogen-bond acceptors (Lipinski definition) is 3. The van der Waals surface area contributed by atoms with Crippen LogP contribution in [0.15, 0.2) is 18.2 Å². The summed E-state index contributed by atoms with van der Waals surface area (Å²) >= 11 is 1.34. The van der Waals surface area contributed by atoms with E-state index in [1.807, 2.05) is 0 Å². The maximum absolute atomic E-state index is 8.63. The highest BCUT2D eigenvalue weighted by molar-refractivity contribution is 8.03. The summed E-state index contributed by atoms with van der Waals surface area (Å²) in [5, 5.41) is 10.8. The molecule has 0 amide bonds. The Balaban J connectivity index is 2.86. The van der Waals surface area contributed by atoms with Gasteiger partial charge in [-0.3, -0.25) is 0 Å². The average molecular weight is 277 g/mol. The molecule has 0 aliphatic carbocycles. The summed E-state index contributed by atoms with van der Waals surface area (Å²) in [6.45, 7) is 7.20. The van der Waals surface area contributed by atoms with Gasteiger partial charge in [-0.15, -0.1) is 0 Å². The summed E-state index contributed by atoms with van der Waals surface area (Å²) < 4.78 is 5.86. The first-order valence-electron chi connectivity index (χ1n) is 6.97. The lowest BCUT2D eigenvalue weighted by Gasteiger charge is -2.19. The van der Waals surface area contributed by atoms with Gasteiger partial charge in [-0.25, -0.2) is 0 Å². The molecule has 0 heterocycles. The van der Waals surface area contributed by atoms with Crippen molar-refractivity contribution in [2.45, 2.75) is 46.0 Å². The highest BCUT2D eigenvalue weighted by Gasteiger charge is 2.15. The van der Waals surface area contributed by atoms with Crippen molar-refractivity contribution in [2.24, 2.45) is 0 Å². The molecule has 0 spiro atoms. The molecule has 0 saturated heterocycles. The van der Waals surface area contributed by atoms with Gasteiger partial charge in [0.1, 0.15) is 11.2 Å². The Morgan fingerprint density at radius 2 is 2.16 bits per heavy atom. The summed E-state index contributed by atoms with van der Waals surface area (Å²) in [6.07, 6.45) is 3.13. The van der Waals surface area contributed by atoms with E-state index in [0.717, 1.165) is 37.4 Å². The Bertz CT molecular complexity index is 425. The summed E-state index contributed by atoms with van der Waals surface area (Å²) in [6, 6.07) is 6.42. The van der Waals surface area contributed by atoms with Crippen molar-refractivity contribution in [3.05, 3.63) is 29.3 Å². The summed E-state index contributed by atoms with van der Waals surface area (Å²) in [7, 11) is 0. The van der Waals surface area contributed by atoms with Gasteiger partial charge in [0.25, 0.3) is 0 Å². The first kappa shape index (κ1) is 15.9. The van der Waals surface area contributed by atoms with Crippen molar-refractivity contribution < 1.29 is 4.74 Å². The standard InChI is InChI=1S/C16H23NOS/c1-4-9-18-16-7-6-13(3)11-15(16)14(5-2)8-10-19-12-17/h6-7,11,14H,4-5,8-10H2,1-3H3. The maximum Gasteiger partial charge on any atom is 0.133 e. The van der Waals surface area contributed by atoms with Crippen molar-refractivity contribution in [3.8, 4) is 11.2 Å². The van der Waals surface area contributed by atoms with Gasteiger partial charge in [-0.05, 0) is 55.5 Å². The lowest BCUT2D eigenvalue weighted by atomic mass is 9.92. The highest BCUT2D eigenvalue weighted by Crippen LogP contribution is 2.33. The predicted molar refractivity (Wildman–Crippen MR) is 82.7 cm³/mol. The first-order valence-corrected chi connectivity index (χ1v) is 7.95. The quantitative estimate of drug-likeness (QED) is 0.501. The number of nitriles is 1. The minimum Gasteiger partial charge on any atom is -0.493 e. The monoisotopic (exact) mass is 277 g/mol. The third-order valence-electron chi connectivity index (χ3n) is 3.19. The first-order chi connectivity index (χ1) is 9.22. The zero-order valence-electron chi connectivity index (χ0n) is 12.1. The average Bonchev–Trinajstić information content (AvgIpc) is 2.42. The molecule has 1 aromatic rings. The Morgan fingerprint density at radius 3 is 2.79 bits per heavy atom. The molecule has 19 heavy (non-hydrogen) atoms. The van der Waals surface area contributed by atoms with E-state index < -0.39 is 0 Å². The molecule has 1 rings (SSSR count). The number of ether oxygens (including phenoxy) is 1. The smallest absolute Gasteiger partial charge is 0.133 e. The molecular weight excluding hydrogens is 254 g/mol. The molecule has 0 aliphatic heterocycles. The Labute approximate surface area is 121 Å². The molecule has 2 nitrogen and oxygen atoms in total. The normalized spacial score (nSPS) is 11.9. The fraction of sp³-hybridized carbons (Fsp3) is 0.562. The molecule has 1 unspecified atom stereocenters. The van der Waals surface area contributed by atoms with Gasteiger partial charge in [-0.1, -0.05) is 31.5 Å². The van der Waals surface area contributed by atoms with Crippen LogP contribution >= 0.6 is 11.8 Å². The molecule has 1 atom stereocenters. The molecule has 0 radical (unpaired) electrons. The second kappa shape index (κ2) is 8.87. The van der Waals surface area contributed by atoms with Gasteiger partial charge in [0.2, 0.25) is 0 Å². The van der Waals surface area contributed by atoms with Crippen LogP contribution in [0, 0.1) is 17.6 Å². The van der Waals surface area contributed by atoms with Gasteiger partial charge in [-0.2, -0.15) is 5.26 Å². The molecule has 0 bridgehead atoms. The van der Waals surface area contributed by atoms with E-state index in [4.69, 9.17) is 10.00 Å². The second-order valence-electron chi connectivity index (χ2n) is 4.72. The molecule has 0 N–H and O–H groups in total. The van der Waals surface area contributed by atoms with Crippen molar-refractivity contribution in [2.75, 3.05) is 12.4 Å². The fourth-order valence-electron chi connectivity index (χ4n) is 2.16. The van der Waals surface area contributed by atoms with Crippen LogP contribution in [0.2, 0.25) is 0 Å². The lowest BCUT2D eigenvalue weighted by Crippen LogP contribution is -2.05. The zero-order chi connectivity index (χ0) is 14.1. The topological polar surface area (TPSA) is 33.0 Å². The van der Waals surface area contributed by atoms with Gasteiger partial charge < -0.3 is 4.74 Å². The zero-order valence-corrected chi connectivity index (χ0v) is 12.9. The van der Waals surface area contributed by atoms with Gasteiger partial charge in [0.15, 0.2) is 0 Å². The minimum absolute atomic E-state index is 0.479. The van der Waals surface area contributed by atoms with E-state index in [1.54, 1.807) is 0 Å². The molecule has 104 valence electrons. The molecular formula is C16H23NOS. The number of aryl methyl sites for hydroxylation is 1. The van der Waals surface area contributed by atoms with Crippen LogP contribution in [0.25, 0.3) is 0 Å². The van der Waals surface area contributed by atoms with E-state index in [9.17, 15) is 0 Å². The van der Waals surface area contributed by atoms with E-state index >= 15 is 0 Å². The molecule has 3 heteroatoms. The second-order valence-corrected chi connectivity index (χ2v) is 5.60. The van der Waals surface area contributed by atoms with Crippen LogP contribution in [0.5, 0.6) is 5.75 Å². The van der Waals surface area contributed by atoms with Crippen LogP contribution < -0.4 is 4.74 Å². The van der Waals surface area contributed by atoms with E-state index in [-0.39, 0.29) is 0 Å². The van der Waals surface area contributed by atoms with Crippen LogP contribution in [0.3, 0.4) is 0 Å². The fourth-order valence-corrected chi connectivity index (χ4v) is 2.65. The Kier molecular flexibility index (Phi) is 7.43. The van der Waals surface area contributed by atoms with Gasteiger partial charge >= 0.3 is 0 Å². The number of thioether (sulfide) groups is 1. The molecule has 0 saturated carbocycles. The largest absolute Gasteiger partial charge is 0.493 e. The van der Waals surface area contributed by atoms with Crippen molar-refractivity contribution in [1.82, 2.24) is 0 Å². The van der Waals surface area contributed by atoms with E-state index in [1.165, 1.54) is 22.9 Å². The maximum atomic E-state index is 8.63. The van der Waals surface area contributed by atoms with Gasteiger partial charge in [0.05, 0.1) is 6.61 Å². The number of hydrogen-bond donors (Lipinski definition) is 0. The molecule has 0 fully saturated rings. The number of thiocyanates is 1. The molecule has 1 aromatic carbocycles. The number of benzene rings is 1. The SMILES string of the molecule is CCCOc1ccc(C)cc1C(CC)CCSC#N. The van der Waals surface area contributed by atoms with E-state index in [2.05, 4.69) is 44.4 Å². The van der Waals surface area contributed by atoms with E-state index in [0.29, 0.717) is 5.92 Å². The summed E-state index contributed by atoms with van der Waals surface area (Å²) in [5.74, 6) is 2.38. The lowest BCUT2D eigenvalue weighted by molar-refractivity contribution is 0.311. The van der Waals surface area contributed by atoms with Crippen molar-refractivity contribution in [1.29, 1.82) is 5.26 Å². The molecule has 0 aliphatic rings. The van der Waals surface area contributed by atoms with Gasteiger partial charge in [0, 0.05) is 5.75 Å². The highest BCUT2D eigenvalue weighted by atomic mass is 32.2. The number of rotatable bonds is 8. The van der Waals surface area contributed by atoms with Crippen molar-refractivity contribution >= 4 is 11.8 Å².